The third kappa shape index (κ3) is 4.34. The molecule has 7 nitrogen and oxygen atoms in total. The highest BCUT2D eigenvalue weighted by Gasteiger charge is 2.14. The Labute approximate surface area is 170 Å². The van der Waals surface area contributed by atoms with Crippen LogP contribution in [0.3, 0.4) is 0 Å². The maximum atomic E-state index is 11.8. The average Bonchev–Trinajstić information content (AvgIpc) is 3.20. The number of ether oxygens (including phenoxy) is 1. The molecule has 0 fully saturated rings. The number of halogens is 1. The fourth-order valence-electron chi connectivity index (χ4n) is 2.62. The molecule has 0 radical (unpaired) electrons. The quantitative estimate of drug-likeness (QED) is 0.243. The standard InChI is InChI=1S/C21H13ClN2O5/c1-28-21(25)18-11-14(4-8-19(18)22)20-9-7-17(29-20)10-15(12-23)13-2-5-16(6-3-13)24(26)27/h2-11H,1H3/b15-10-. The van der Waals surface area contributed by atoms with E-state index in [0.29, 0.717) is 22.6 Å². The Balaban J connectivity index is 1.92. The lowest BCUT2D eigenvalue weighted by Gasteiger charge is -2.04. The minimum absolute atomic E-state index is 0.0597. The zero-order valence-electron chi connectivity index (χ0n) is 15.1. The number of nitrogens with zero attached hydrogens (tertiary/aromatic N) is 2. The lowest BCUT2D eigenvalue weighted by molar-refractivity contribution is -0.384. The summed E-state index contributed by atoms with van der Waals surface area (Å²) < 4.78 is 10.5. The molecule has 2 aromatic carbocycles. The number of rotatable bonds is 5. The summed E-state index contributed by atoms with van der Waals surface area (Å²) in [4.78, 5) is 22.1. The van der Waals surface area contributed by atoms with E-state index in [2.05, 4.69) is 6.07 Å². The second-order valence-corrected chi connectivity index (χ2v) is 6.27. The van der Waals surface area contributed by atoms with Crippen LogP contribution in [0.2, 0.25) is 5.02 Å². The van der Waals surface area contributed by atoms with E-state index in [9.17, 15) is 20.2 Å². The predicted octanol–water partition coefficient (Wildman–Crippen LogP) is 5.36. The number of carbonyl (C=O) groups excluding carboxylic acids is 1. The van der Waals surface area contributed by atoms with Crippen LogP contribution in [0, 0.1) is 21.4 Å². The van der Waals surface area contributed by atoms with Crippen molar-refractivity contribution in [3.05, 3.63) is 86.6 Å². The summed E-state index contributed by atoms with van der Waals surface area (Å²) in [6.45, 7) is 0. The summed E-state index contributed by atoms with van der Waals surface area (Å²) in [5.74, 6) is 0.317. The number of methoxy groups -OCH3 is 1. The normalized spacial score (nSPS) is 11.0. The fraction of sp³-hybridized carbons (Fsp3) is 0.0476. The molecular formula is C21H13ClN2O5. The van der Waals surface area contributed by atoms with Crippen LogP contribution in [-0.4, -0.2) is 18.0 Å². The molecule has 0 aliphatic carbocycles. The van der Waals surface area contributed by atoms with E-state index < -0.39 is 10.9 Å². The van der Waals surface area contributed by atoms with Gasteiger partial charge in [0.2, 0.25) is 0 Å². The van der Waals surface area contributed by atoms with Crippen LogP contribution in [0.4, 0.5) is 5.69 Å². The summed E-state index contributed by atoms with van der Waals surface area (Å²) in [5.41, 5.74) is 1.57. The van der Waals surface area contributed by atoms with Gasteiger partial charge >= 0.3 is 5.97 Å². The van der Waals surface area contributed by atoms with Crippen molar-refractivity contribution in [1.82, 2.24) is 0 Å². The first-order valence-corrected chi connectivity index (χ1v) is 8.65. The average molecular weight is 409 g/mol. The Bertz CT molecular complexity index is 1160. The zero-order chi connectivity index (χ0) is 21.0. The van der Waals surface area contributed by atoms with Crippen LogP contribution in [0.5, 0.6) is 0 Å². The smallest absolute Gasteiger partial charge is 0.339 e. The molecule has 0 saturated heterocycles. The molecule has 3 rings (SSSR count). The molecule has 0 amide bonds. The van der Waals surface area contributed by atoms with Crippen molar-refractivity contribution in [3.8, 4) is 17.4 Å². The summed E-state index contributed by atoms with van der Waals surface area (Å²) in [7, 11) is 1.27. The van der Waals surface area contributed by atoms with E-state index in [0.717, 1.165) is 0 Å². The minimum Gasteiger partial charge on any atom is -0.465 e. The molecule has 0 spiro atoms. The van der Waals surface area contributed by atoms with Crippen LogP contribution in [-0.2, 0) is 4.74 Å². The van der Waals surface area contributed by atoms with Gasteiger partial charge in [-0.3, -0.25) is 10.1 Å². The first-order chi connectivity index (χ1) is 13.9. The van der Waals surface area contributed by atoms with Crippen LogP contribution < -0.4 is 0 Å². The molecule has 0 atom stereocenters. The van der Waals surface area contributed by atoms with Gasteiger partial charge in [0.1, 0.15) is 11.5 Å². The Morgan fingerprint density at radius 3 is 2.55 bits per heavy atom. The van der Waals surface area contributed by atoms with E-state index in [-0.39, 0.29) is 21.8 Å². The van der Waals surface area contributed by atoms with Crippen molar-refractivity contribution in [2.24, 2.45) is 0 Å². The van der Waals surface area contributed by atoms with Crippen molar-refractivity contribution in [2.75, 3.05) is 7.11 Å². The van der Waals surface area contributed by atoms with Gasteiger partial charge in [-0.05, 0) is 54.1 Å². The van der Waals surface area contributed by atoms with Gasteiger partial charge < -0.3 is 9.15 Å². The number of furan rings is 1. The second-order valence-electron chi connectivity index (χ2n) is 5.86. The van der Waals surface area contributed by atoms with Crippen LogP contribution >= 0.6 is 11.6 Å². The van der Waals surface area contributed by atoms with Crippen LogP contribution in [0.25, 0.3) is 23.0 Å². The molecule has 0 unspecified atom stereocenters. The topological polar surface area (TPSA) is 106 Å². The molecule has 0 saturated carbocycles. The van der Waals surface area contributed by atoms with Crippen molar-refractivity contribution < 1.29 is 18.9 Å². The van der Waals surface area contributed by atoms with Gasteiger partial charge in [0.15, 0.2) is 0 Å². The molecule has 1 aromatic heterocycles. The highest BCUT2D eigenvalue weighted by atomic mass is 35.5. The van der Waals surface area contributed by atoms with E-state index in [1.165, 1.54) is 37.5 Å². The van der Waals surface area contributed by atoms with E-state index in [1.807, 2.05) is 0 Å². The molecular weight excluding hydrogens is 396 g/mol. The molecule has 0 N–H and O–H groups in total. The Morgan fingerprint density at radius 1 is 1.21 bits per heavy atom. The fourth-order valence-corrected chi connectivity index (χ4v) is 2.81. The Kier molecular flexibility index (Phi) is 5.77. The first-order valence-electron chi connectivity index (χ1n) is 8.27. The van der Waals surface area contributed by atoms with Gasteiger partial charge in [0.05, 0.1) is 34.3 Å². The minimum atomic E-state index is -0.562. The highest BCUT2D eigenvalue weighted by molar-refractivity contribution is 6.33. The Hall–Kier alpha value is -3.89. The molecule has 1 heterocycles. The molecule has 3 aromatic rings. The largest absolute Gasteiger partial charge is 0.465 e. The maximum Gasteiger partial charge on any atom is 0.339 e. The van der Waals surface area contributed by atoms with Gasteiger partial charge in [0, 0.05) is 17.7 Å². The molecule has 8 heteroatoms. The number of benzene rings is 2. The van der Waals surface area contributed by atoms with E-state index in [4.69, 9.17) is 20.8 Å². The number of nitriles is 1. The monoisotopic (exact) mass is 408 g/mol. The summed E-state index contributed by atoms with van der Waals surface area (Å²) in [6.07, 6.45) is 1.53. The predicted molar refractivity (Wildman–Crippen MR) is 107 cm³/mol. The van der Waals surface area contributed by atoms with Crippen LogP contribution in [0.15, 0.2) is 59.0 Å². The van der Waals surface area contributed by atoms with Gasteiger partial charge in [-0.1, -0.05) is 11.6 Å². The number of hydrogen-bond acceptors (Lipinski definition) is 6. The second kappa shape index (κ2) is 8.42. The number of esters is 1. The molecule has 0 aliphatic rings. The number of nitro groups is 1. The molecule has 144 valence electrons. The SMILES string of the molecule is COC(=O)c1cc(-c2ccc(/C=C(/C#N)c3ccc([N+](=O)[O-])cc3)o2)ccc1Cl. The third-order valence-corrected chi connectivity index (χ3v) is 4.41. The van der Waals surface area contributed by atoms with Crippen LogP contribution in [0.1, 0.15) is 21.7 Å². The third-order valence-electron chi connectivity index (χ3n) is 4.08. The van der Waals surface area contributed by atoms with Gasteiger partial charge in [-0.25, -0.2) is 4.79 Å². The lowest BCUT2D eigenvalue weighted by atomic mass is 10.1. The van der Waals surface area contributed by atoms with E-state index >= 15 is 0 Å². The van der Waals surface area contributed by atoms with Crippen molar-refractivity contribution >= 4 is 34.9 Å². The maximum absolute atomic E-state index is 11.8. The zero-order valence-corrected chi connectivity index (χ0v) is 15.8. The molecule has 0 bridgehead atoms. The number of nitro benzene ring substituents is 1. The summed E-state index contributed by atoms with van der Waals surface area (Å²) in [6, 6.07) is 15.9. The highest BCUT2D eigenvalue weighted by Crippen LogP contribution is 2.29. The van der Waals surface area contributed by atoms with E-state index in [1.54, 1.807) is 30.3 Å². The number of carbonyl (C=O) groups is 1. The van der Waals surface area contributed by atoms with Crippen molar-refractivity contribution in [1.29, 1.82) is 5.26 Å². The van der Waals surface area contributed by atoms with Crippen molar-refractivity contribution in [2.45, 2.75) is 0 Å². The summed E-state index contributed by atoms with van der Waals surface area (Å²) in [5, 5.41) is 20.5. The summed E-state index contributed by atoms with van der Waals surface area (Å²) >= 11 is 6.03. The molecule has 29 heavy (non-hydrogen) atoms. The van der Waals surface area contributed by atoms with Gasteiger partial charge in [-0.2, -0.15) is 5.26 Å². The number of allylic oxidation sites excluding steroid dienone is 1. The Morgan fingerprint density at radius 2 is 1.93 bits per heavy atom. The number of non-ortho nitro benzene ring substituents is 1. The molecule has 0 aliphatic heterocycles. The first kappa shape index (κ1) is 19.9. The lowest BCUT2D eigenvalue weighted by Crippen LogP contribution is -2.02. The van der Waals surface area contributed by atoms with Gasteiger partial charge in [-0.15, -0.1) is 0 Å². The van der Waals surface area contributed by atoms with Gasteiger partial charge in [0.25, 0.3) is 5.69 Å². The number of hydrogen-bond donors (Lipinski definition) is 0. The van der Waals surface area contributed by atoms with Crippen molar-refractivity contribution in [3.63, 3.8) is 0 Å².